The highest BCUT2D eigenvalue weighted by atomic mass is 79.9. The summed E-state index contributed by atoms with van der Waals surface area (Å²) in [5.41, 5.74) is 3.59. The van der Waals surface area contributed by atoms with Crippen molar-refractivity contribution in [3.8, 4) is 11.5 Å². The van der Waals surface area contributed by atoms with Crippen LogP contribution in [0.15, 0.2) is 39.7 Å². The quantitative estimate of drug-likeness (QED) is 0.300. The lowest BCUT2D eigenvalue weighted by atomic mass is 10.1. The number of amides is 1. The molecule has 0 radical (unpaired) electrons. The van der Waals surface area contributed by atoms with E-state index in [1.807, 2.05) is 32.0 Å². The number of carbonyl (C=O) groups excluding carboxylic acids is 2. The number of anilines is 1. The molecule has 1 aliphatic heterocycles. The summed E-state index contributed by atoms with van der Waals surface area (Å²) in [4.78, 5) is 26.5. The van der Waals surface area contributed by atoms with Crippen molar-refractivity contribution < 1.29 is 23.8 Å². The lowest BCUT2D eigenvalue weighted by Gasteiger charge is -2.17. The molecule has 0 unspecified atom stereocenters. The van der Waals surface area contributed by atoms with Crippen LogP contribution in [0.25, 0.3) is 6.08 Å². The van der Waals surface area contributed by atoms with Gasteiger partial charge in [-0.3, -0.25) is 9.69 Å². The second-order valence-electron chi connectivity index (χ2n) is 6.70. The molecule has 0 aromatic heterocycles. The molecule has 0 bridgehead atoms. The van der Waals surface area contributed by atoms with E-state index >= 15 is 0 Å². The summed E-state index contributed by atoms with van der Waals surface area (Å²) in [6, 6.07) is 9.29. The van der Waals surface area contributed by atoms with Crippen LogP contribution in [0.3, 0.4) is 0 Å². The number of benzene rings is 2. The van der Waals surface area contributed by atoms with Crippen molar-refractivity contribution in [1.29, 1.82) is 0 Å². The highest BCUT2D eigenvalue weighted by Crippen LogP contribution is 2.40. The molecule has 1 fully saturated rings. The number of hydrogen-bond acceptors (Lipinski definition) is 7. The number of methoxy groups -OCH3 is 2. The lowest BCUT2D eigenvalue weighted by Crippen LogP contribution is -2.28. The van der Waals surface area contributed by atoms with Gasteiger partial charge in [0.2, 0.25) is 0 Å². The maximum atomic E-state index is 13.1. The molecule has 1 heterocycles. The molecule has 9 heteroatoms. The monoisotopic (exact) mass is 521 g/mol. The number of hydrogen-bond donors (Lipinski definition) is 0. The molecule has 0 atom stereocenters. The van der Waals surface area contributed by atoms with E-state index in [0.717, 1.165) is 16.8 Å². The first-order valence-electron chi connectivity index (χ1n) is 9.17. The van der Waals surface area contributed by atoms with Crippen LogP contribution >= 0.6 is 39.9 Å². The van der Waals surface area contributed by atoms with Gasteiger partial charge in [-0.1, -0.05) is 57.6 Å². The molecular formula is C22H20BrNO5S2. The predicted molar refractivity (Wildman–Crippen MR) is 130 cm³/mol. The minimum Gasteiger partial charge on any atom is -0.493 e. The van der Waals surface area contributed by atoms with E-state index in [0.29, 0.717) is 30.8 Å². The molecule has 1 saturated heterocycles. The van der Waals surface area contributed by atoms with Gasteiger partial charge in [0, 0.05) is 4.47 Å². The van der Waals surface area contributed by atoms with E-state index in [4.69, 9.17) is 21.7 Å². The van der Waals surface area contributed by atoms with Gasteiger partial charge in [-0.2, -0.15) is 0 Å². The van der Waals surface area contributed by atoms with Crippen molar-refractivity contribution in [3.63, 3.8) is 0 Å². The summed E-state index contributed by atoms with van der Waals surface area (Å²) < 4.78 is 16.6. The van der Waals surface area contributed by atoms with E-state index in [1.54, 1.807) is 23.1 Å². The molecule has 0 saturated carbocycles. The van der Waals surface area contributed by atoms with Gasteiger partial charge in [0.05, 0.1) is 24.8 Å². The molecule has 1 aliphatic rings. The summed E-state index contributed by atoms with van der Waals surface area (Å²) >= 11 is 10.2. The largest absolute Gasteiger partial charge is 0.493 e. The van der Waals surface area contributed by atoms with Gasteiger partial charge < -0.3 is 14.2 Å². The fraction of sp³-hybridized carbons (Fsp3) is 0.227. The fourth-order valence-electron chi connectivity index (χ4n) is 3.00. The maximum absolute atomic E-state index is 13.1. The molecule has 0 aliphatic carbocycles. The third-order valence-electron chi connectivity index (χ3n) is 4.53. The average Bonchev–Trinajstić information content (AvgIpc) is 3.01. The summed E-state index contributed by atoms with van der Waals surface area (Å²) in [6.45, 7) is 3.72. The molecule has 6 nitrogen and oxygen atoms in total. The molecule has 3 rings (SSSR count). The maximum Gasteiger partial charge on any atom is 0.343 e. The topological polar surface area (TPSA) is 65.1 Å². The zero-order chi connectivity index (χ0) is 22.7. The van der Waals surface area contributed by atoms with E-state index in [1.165, 1.54) is 26.0 Å². The van der Waals surface area contributed by atoms with Crippen molar-refractivity contribution in [2.75, 3.05) is 25.7 Å². The molecule has 0 N–H and O–H groups in total. The minimum atomic E-state index is -0.502. The van der Waals surface area contributed by atoms with Crippen LogP contribution < -0.4 is 14.4 Å². The first kappa shape index (κ1) is 23.3. The Balaban J connectivity index is 1.91. The van der Waals surface area contributed by atoms with Crippen molar-refractivity contribution in [2.45, 2.75) is 13.8 Å². The number of thioether (sulfide) groups is 1. The molecular weight excluding hydrogens is 502 g/mol. The number of halogens is 1. The Morgan fingerprint density at radius 3 is 2.58 bits per heavy atom. The molecule has 0 spiro atoms. The Kier molecular flexibility index (Phi) is 7.40. The Morgan fingerprint density at radius 2 is 1.94 bits per heavy atom. The average molecular weight is 522 g/mol. The summed E-state index contributed by atoms with van der Waals surface area (Å²) in [7, 11) is 2.79. The highest BCUT2D eigenvalue weighted by molar-refractivity contribution is 9.10. The predicted octanol–water partition coefficient (Wildman–Crippen LogP) is 5.03. The van der Waals surface area contributed by atoms with Gasteiger partial charge in [0.25, 0.3) is 5.91 Å². The normalized spacial score (nSPS) is 14.9. The number of rotatable bonds is 6. The SMILES string of the molecule is COC(=O)COc1cc(Br)c(/C=C2\SC(=S)N(c3ccc(C)cc3C)C2=O)cc1OC. The van der Waals surface area contributed by atoms with E-state index in [-0.39, 0.29) is 12.5 Å². The van der Waals surface area contributed by atoms with Gasteiger partial charge in [-0.15, -0.1) is 0 Å². The van der Waals surface area contributed by atoms with E-state index in [2.05, 4.69) is 20.7 Å². The van der Waals surface area contributed by atoms with Crippen molar-refractivity contribution in [2.24, 2.45) is 0 Å². The lowest BCUT2D eigenvalue weighted by molar-refractivity contribution is -0.142. The number of thiocarbonyl (C=S) groups is 1. The highest BCUT2D eigenvalue weighted by Gasteiger charge is 2.34. The zero-order valence-corrected chi connectivity index (χ0v) is 20.6. The smallest absolute Gasteiger partial charge is 0.343 e. The van der Waals surface area contributed by atoms with Crippen LogP contribution in [-0.2, 0) is 14.3 Å². The van der Waals surface area contributed by atoms with E-state index < -0.39 is 5.97 Å². The molecule has 31 heavy (non-hydrogen) atoms. The minimum absolute atomic E-state index is 0.182. The first-order valence-corrected chi connectivity index (χ1v) is 11.2. The van der Waals surface area contributed by atoms with Crippen LogP contribution in [-0.4, -0.2) is 37.0 Å². The van der Waals surface area contributed by atoms with Crippen LogP contribution in [0.2, 0.25) is 0 Å². The number of esters is 1. The molecule has 162 valence electrons. The van der Waals surface area contributed by atoms with E-state index in [9.17, 15) is 9.59 Å². The van der Waals surface area contributed by atoms with Crippen molar-refractivity contribution in [3.05, 3.63) is 56.4 Å². The van der Waals surface area contributed by atoms with Gasteiger partial charge in [0.1, 0.15) is 0 Å². The van der Waals surface area contributed by atoms with Crippen LogP contribution in [0.4, 0.5) is 5.69 Å². The van der Waals surface area contributed by atoms with Gasteiger partial charge in [-0.25, -0.2) is 4.79 Å². The number of aryl methyl sites for hydroxylation is 2. The standard InChI is InChI=1S/C22H20BrNO5S2/c1-12-5-6-16(13(2)7-12)24-21(26)19(31-22(24)30)9-14-8-17(27-3)18(10-15(14)23)29-11-20(25)28-4/h5-10H,11H2,1-4H3/b19-9-. The van der Waals surface area contributed by atoms with Crippen LogP contribution in [0.5, 0.6) is 11.5 Å². The third kappa shape index (κ3) is 5.11. The second-order valence-corrected chi connectivity index (χ2v) is 9.23. The Hall–Kier alpha value is -2.36. The Labute approximate surface area is 198 Å². The Morgan fingerprint density at radius 1 is 1.19 bits per heavy atom. The fourth-order valence-corrected chi connectivity index (χ4v) is 4.71. The van der Waals surface area contributed by atoms with Crippen molar-refractivity contribution >= 4 is 67.9 Å². The Bertz CT molecular complexity index is 1100. The number of carbonyl (C=O) groups is 2. The molecule has 2 aromatic carbocycles. The third-order valence-corrected chi connectivity index (χ3v) is 6.52. The van der Waals surface area contributed by atoms with Gasteiger partial charge >= 0.3 is 5.97 Å². The summed E-state index contributed by atoms with van der Waals surface area (Å²) in [5, 5.41) is 0. The van der Waals surface area contributed by atoms with Gasteiger partial charge in [-0.05, 0) is 49.2 Å². The summed E-state index contributed by atoms with van der Waals surface area (Å²) in [5.74, 6) is 0.110. The second kappa shape index (κ2) is 9.84. The zero-order valence-electron chi connectivity index (χ0n) is 17.4. The number of nitrogens with zero attached hydrogens (tertiary/aromatic N) is 1. The van der Waals surface area contributed by atoms with Crippen LogP contribution in [0.1, 0.15) is 16.7 Å². The summed E-state index contributed by atoms with van der Waals surface area (Å²) in [6.07, 6.45) is 1.75. The first-order chi connectivity index (χ1) is 14.7. The van der Waals surface area contributed by atoms with Crippen molar-refractivity contribution in [1.82, 2.24) is 0 Å². The molecule has 2 aromatic rings. The number of ether oxygens (including phenoxy) is 3. The van der Waals surface area contributed by atoms with Crippen LogP contribution in [0, 0.1) is 13.8 Å². The van der Waals surface area contributed by atoms with Gasteiger partial charge in [0.15, 0.2) is 22.4 Å². The molecule has 1 amide bonds.